The molecule has 0 radical (unpaired) electrons. The summed E-state index contributed by atoms with van der Waals surface area (Å²) in [5, 5.41) is 8.06. The first kappa shape index (κ1) is 21.3. The summed E-state index contributed by atoms with van der Waals surface area (Å²) in [7, 11) is 1.73. The predicted molar refractivity (Wildman–Crippen MR) is 109 cm³/mol. The molecule has 0 amide bonds. The van der Waals surface area contributed by atoms with E-state index in [2.05, 4.69) is 10.6 Å². The summed E-state index contributed by atoms with van der Waals surface area (Å²) in [4.78, 5) is 9.93. The Morgan fingerprint density at radius 1 is 1.18 bits per heavy atom. The molecule has 148 valence electrons. The summed E-state index contributed by atoms with van der Waals surface area (Å²) in [6, 6.07) is 3.09. The fourth-order valence-corrected chi connectivity index (χ4v) is 3.19. The van der Waals surface area contributed by atoms with E-state index in [-0.39, 0.29) is 17.0 Å². The molecule has 1 aliphatic rings. The van der Waals surface area contributed by atoms with Crippen LogP contribution >= 0.6 is 11.3 Å². The Bertz CT molecular complexity index is 948. The minimum absolute atomic E-state index is 0.198. The van der Waals surface area contributed by atoms with Crippen molar-refractivity contribution in [1.82, 2.24) is 5.32 Å². The lowest BCUT2D eigenvalue weighted by atomic mass is 10.0. The van der Waals surface area contributed by atoms with Crippen LogP contribution in [0.4, 0.5) is 23.9 Å². The Kier molecular flexibility index (Phi) is 7.45. The van der Waals surface area contributed by atoms with E-state index in [0.717, 1.165) is 17.0 Å². The molecule has 1 aliphatic heterocycles. The second kappa shape index (κ2) is 9.80. The zero-order chi connectivity index (χ0) is 20.7. The van der Waals surface area contributed by atoms with E-state index in [4.69, 9.17) is 5.73 Å². The minimum atomic E-state index is -0.850. The van der Waals surface area contributed by atoms with E-state index in [1.807, 2.05) is 0 Å². The molecule has 1 aromatic heterocycles. The Labute approximate surface area is 165 Å². The van der Waals surface area contributed by atoms with Gasteiger partial charge in [0.1, 0.15) is 17.1 Å². The number of anilines is 2. The van der Waals surface area contributed by atoms with E-state index < -0.39 is 11.6 Å². The number of hydrogen-bond donors (Lipinski definition) is 3. The zero-order valence-electron chi connectivity index (χ0n) is 15.4. The molecule has 8 heteroatoms. The van der Waals surface area contributed by atoms with E-state index >= 15 is 0 Å². The van der Waals surface area contributed by atoms with Crippen LogP contribution in [-0.2, 0) is 4.79 Å². The summed E-state index contributed by atoms with van der Waals surface area (Å²) in [5.41, 5.74) is 8.06. The third-order valence-electron chi connectivity index (χ3n) is 3.85. The Morgan fingerprint density at radius 3 is 2.50 bits per heavy atom. The van der Waals surface area contributed by atoms with Crippen LogP contribution in [0.2, 0.25) is 0 Å². The largest absolute Gasteiger partial charge is 0.396 e. The van der Waals surface area contributed by atoms with Gasteiger partial charge in [0, 0.05) is 41.9 Å². The number of nitrogens with two attached hydrogens (primary N) is 1. The standard InChI is InChI=1S/C12H12F2N2S.C8H8FNO/c1-6-3-4-7(10(14)9(6)13)8-5-17-12(16-2)11(8)15;9-7-3-4-8(10-6-7)2-1-5-11/h3-5,16H,15H2,1-2H3;2-6,10H,1H2/b;8-2-. The molecule has 0 atom stereocenters. The molecular formula is C20H20F3N3OS. The van der Waals surface area contributed by atoms with Crippen molar-refractivity contribution in [3.8, 4) is 11.1 Å². The van der Waals surface area contributed by atoms with Gasteiger partial charge in [-0.1, -0.05) is 18.2 Å². The lowest BCUT2D eigenvalue weighted by Crippen LogP contribution is -2.06. The highest BCUT2D eigenvalue weighted by Gasteiger charge is 2.17. The second-order valence-electron chi connectivity index (χ2n) is 5.77. The molecule has 0 saturated carbocycles. The molecule has 0 aliphatic carbocycles. The molecule has 0 spiro atoms. The number of dihydropyridines is 1. The highest BCUT2D eigenvalue weighted by Crippen LogP contribution is 2.39. The van der Waals surface area contributed by atoms with Gasteiger partial charge in [0.25, 0.3) is 0 Å². The first-order valence-corrected chi connectivity index (χ1v) is 9.20. The van der Waals surface area contributed by atoms with Crippen molar-refractivity contribution < 1.29 is 18.0 Å². The van der Waals surface area contributed by atoms with Gasteiger partial charge in [-0.25, -0.2) is 13.2 Å². The number of nitrogens with one attached hydrogen (secondary N) is 2. The number of nitrogen functional groups attached to an aromatic ring is 1. The number of carbonyl (C=O) groups is 1. The monoisotopic (exact) mass is 407 g/mol. The van der Waals surface area contributed by atoms with Crippen LogP contribution in [0.25, 0.3) is 11.1 Å². The van der Waals surface area contributed by atoms with Crippen molar-refractivity contribution >= 4 is 28.3 Å². The number of hydrogen-bond acceptors (Lipinski definition) is 5. The molecule has 2 heterocycles. The van der Waals surface area contributed by atoms with Gasteiger partial charge in [0.15, 0.2) is 11.6 Å². The first-order chi connectivity index (χ1) is 13.4. The van der Waals surface area contributed by atoms with Crippen molar-refractivity contribution in [1.29, 1.82) is 0 Å². The third-order valence-corrected chi connectivity index (χ3v) is 4.87. The number of halogens is 3. The summed E-state index contributed by atoms with van der Waals surface area (Å²) in [5.74, 6) is -1.98. The smallest absolute Gasteiger partial charge is 0.167 e. The van der Waals surface area contributed by atoms with Gasteiger partial charge in [0.2, 0.25) is 0 Å². The fourth-order valence-electron chi connectivity index (χ4n) is 2.34. The molecule has 1 aromatic carbocycles. The van der Waals surface area contributed by atoms with Gasteiger partial charge in [0.05, 0.1) is 5.69 Å². The molecule has 0 fully saturated rings. The summed E-state index contributed by atoms with van der Waals surface area (Å²) in [6.07, 6.45) is 6.99. The molecule has 2 aromatic rings. The normalized spacial score (nSPS) is 14.0. The van der Waals surface area contributed by atoms with Crippen LogP contribution < -0.4 is 16.4 Å². The minimum Gasteiger partial charge on any atom is -0.396 e. The molecule has 0 saturated heterocycles. The zero-order valence-corrected chi connectivity index (χ0v) is 16.2. The number of benzene rings is 1. The number of aldehydes is 1. The number of aryl methyl sites for hydroxylation is 1. The van der Waals surface area contributed by atoms with Crippen LogP contribution in [0.15, 0.2) is 53.5 Å². The molecule has 28 heavy (non-hydrogen) atoms. The van der Waals surface area contributed by atoms with Crippen LogP contribution in [0.5, 0.6) is 0 Å². The highest BCUT2D eigenvalue weighted by atomic mass is 32.1. The summed E-state index contributed by atoms with van der Waals surface area (Å²) >= 11 is 1.36. The summed E-state index contributed by atoms with van der Waals surface area (Å²) in [6.45, 7) is 1.53. The van der Waals surface area contributed by atoms with Crippen LogP contribution in [0.1, 0.15) is 12.0 Å². The maximum Gasteiger partial charge on any atom is 0.167 e. The van der Waals surface area contributed by atoms with Gasteiger partial charge in [-0.2, -0.15) is 0 Å². The number of allylic oxidation sites excluding steroid dienone is 4. The Balaban J connectivity index is 0.000000221. The molecule has 4 N–H and O–H groups in total. The SMILES string of the molecule is CNc1scc(-c2ccc(C)c(F)c2F)c1N.O=CC/C=C1/C=CC(F)=CN1. The lowest BCUT2D eigenvalue weighted by molar-refractivity contribution is -0.107. The Morgan fingerprint density at radius 2 is 1.93 bits per heavy atom. The Hall–Kier alpha value is -3.00. The topological polar surface area (TPSA) is 67.1 Å². The number of thiophene rings is 1. The molecule has 3 rings (SSSR count). The van der Waals surface area contributed by atoms with Crippen molar-refractivity contribution in [3.05, 3.63) is 70.7 Å². The fraction of sp³-hybridized carbons (Fsp3) is 0.150. The van der Waals surface area contributed by atoms with Gasteiger partial charge in [-0.3, -0.25) is 0 Å². The van der Waals surface area contributed by atoms with E-state index in [1.165, 1.54) is 30.5 Å². The molecular weight excluding hydrogens is 387 g/mol. The van der Waals surface area contributed by atoms with E-state index in [1.54, 1.807) is 36.7 Å². The quantitative estimate of drug-likeness (QED) is 0.620. The third kappa shape index (κ3) is 5.04. The maximum atomic E-state index is 13.8. The molecule has 0 unspecified atom stereocenters. The number of carbonyl (C=O) groups excluding carboxylic acids is 1. The molecule has 0 bridgehead atoms. The highest BCUT2D eigenvalue weighted by molar-refractivity contribution is 7.15. The van der Waals surface area contributed by atoms with Gasteiger partial charge >= 0.3 is 0 Å². The van der Waals surface area contributed by atoms with Crippen LogP contribution in [0.3, 0.4) is 0 Å². The summed E-state index contributed by atoms with van der Waals surface area (Å²) < 4.78 is 39.6. The molecule has 4 nitrogen and oxygen atoms in total. The van der Waals surface area contributed by atoms with Gasteiger partial charge < -0.3 is 21.2 Å². The first-order valence-electron chi connectivity index (χ1n) is 8.32. The van der Waals surface area contributed by atoms with Crippen molar-refractivity contribution in [2.24, 2.45) is 0 Å². The van der Waals surface area contributed by atoms with Gasteiger partial charge in [-0.05, 0) is 24.6 Å². The van der Waals surface area contributed by atoms with Crippen molar-refractivity contribution in [3.63, 3.8) is 0 Å². The van der Waals surface area contributed by atoms with E-state index in [9.17, 15) is 18.0 Å². The van der Waals surface area contributed by atoms with Gasteiger partial charge in [-0.15, -0.1) is 11.3 Å². The van der Waals surface area contributed by atoms with Crippen LogP contribution in [-0.4, -0.2) is 13.3 Å². The lowest BCUT2D eigenvalue weighted by Gasteiger charge is -2.06. The second-order valence-corrected chi connectivity index (χ2v) is 6.65. The number of rotatable bonds is 4. The predicted octanol–water partition coefficient (Wildman–Crippen LogP) is 5.06. The average Bonchev–Trinajstić information content (AvgIpc) is 3.07. The average molecular weight is 407 g/mol. The van der Waals surface area contributed by atoms with Crippen molar-refractivity contribution in [2.75, 3.05) is 18.1 Å². The van der Waals surface area contributed by atoms with Crippen molar-refractivity contribution in [2.45, 2.75) is 13.3 Å². The van der Waals surface area contributed by atoms with Crippen LogP contribution in [0, 0.1) is 18.6 Å². The maximum absolute atomic E-state index is 13.8. The van der Waals surface area contributed by atoms with E-state index in [0.29, 0.717) is 17.7 Å².